The van der Waals surface area contributed by atoms with Crippen molar-refractivity contribution < 1.29 is 13.2 Å². The Bertz CT molecular complexity index is 635. The highest BCUT2D eigenvalue weighted by molar-refractivity contribution is 7.90. The number of nitrogens with zero attached hydrogens (tertiary/aromatic N) is 2. The summed E-state index contributed by atoms with van der Waals surface area (Å²) in [5.74, 6) is -0.0452. The molecule has 1 heterocycles. The van der Waals surface area contributed by atoms with Gasteiger partial charge in [0.25, 0.3) is 5.91 Å². The molecule has 0 aromatic heterocycles. The van der Waals surface area contributed by atoms with E-state index in [0.29, 0.717) is 18.7 Å². The zero-order valence-corrected chi connectivity index (χ0v) is 13.8. The van der Waals surface area contributed by atoms with Crippen LogP contribution in [0.2, 0.25) is 0 Å². The molecule has 0 saturated carbocycles. The summed E-state index contributed by atoms with van der Waals surface area (Å²) in [4.78, 5) is 16.8. The standard InChI is InChI=1S/C15H22N2O3S/c1-15(2)11-17(10-9-16(15)3)14(18)12-5-7-13(8-6-12)21(4,19)20/h5-8H,9-11H2,1-4H3. The van der Waals surface area contributed by atoms with Crippen LogP contribution in [0.15, 0.2) is 29.2 Å². The van der Waals surface area contributed by atoms with E-state index in [0.717, 1.165) is 12.8 Å². The number of carbonyl (C=O) groups is 1. The van der Waals surface area contributed by atoms with Crippen LogP contribution in [-0.4, -0.2) is 62.6 Å². The van der Waals surface area contributed by atoms with Crippen molar-refractivity contribution in [1.29, 1.82) is 0 Å². The molecule has 1 aromatic carbocycles. The molecule has 0 atom stereocenters. The van der Waals surface area contributed by atoms with E-state index in [-0.39, 0.29) is 16.3 Å². The van der Waals surface area contributed by atoms with Crippen LogP contribution in [0.25, 0.3) is 0 Å². The van der Waals surface area contributed by atoms with E-state index in [1.165, 1.54) is 12.1 Å². The second kappa shape index (κ2) is 5.42. The first-order valence-corrected chi connectivity index (χ1v) is 8.81. The minimum Gasteiger partial charge on any atom is -0.336 e. The Morgan fingerprint density at radius 3 is 2.19 bits per heavy atom. The molecule has 21 heavy (non-hydrogen) atoms. The minimum atomic E-state index is -3.23. The molecule has 1 amide bonds. The first-order chi connectivity index (χ1) is 9.61. The monoisotopic (exact) mass is 310 g/mol. The summed E-state index contributed by atoms with van der Waals surface area (Å²) in [6, 6.07) is 6.15. The van der Waals surface area contributed by atoms with Gasteiger partial charge in [-0.05, 0) is 45.2 Å². The lowest BCUT2D eigenvalue weighted by atomic mass is 9.99. The van der Waals surface area contributed by atoms with E-state index < -0.39 is 9.84 Å². The van der Waals surface area contributed by atoms with Crippen LogP contribution in [-0.2, 0) is 9.84 Å². The third kappa shape index (κ3) is 3.44. The lowest BCUT2D eigenvalue weighted by molar-refractivity contribution is 0.0311. The van der Waals surface area contributed by atoms with Gasteiger partial charge in [-0.15, -0.1) is 0 Å². The van der Waals surface area contributed by atoms with Gasteiger partial charge in [-0.1, -0.05) is 0 Å². The van der Waals surface area contributed by atoms with E-state index in [2.05, 4.69) is 25.8 Å². The normalized spacial score (nSPS) is 19.5. The van der Waals surface area contributed by atoms with Crippen molar-refractivity contribution >= 4 is 15.7 Å². The molecule has 0 radical (unpaired) electrons. The maximum Gasteiger partial charge on any atom is 0.253 e. The molecule has 0 N–H and O–H groups in total. The van der Waals surface area contributed by atoms with Crippen molar-refractivity contribution in [2.24, 2.45) is 0 Å². The molecule has 1 aliphatic heterocycles. The first-order valence-electron chi connectivity index (χ1n) is 6.92. The second-order valence-corrected chi connectivity index (χ2v) is 8.27. The van der Waals surface area contributed by atoms with Crippen molar-refractivity contribution in [1.82, 2.24) is 9.80 Å². The number of likely N-dealkylation sites (N-methyl/N-ethyl adjacent to an activating group) is 1. The fourth-order valence-corrected chi connectivity index (χ4v) is 3.07. The number of sulfone groups is 1. The van der Waals surface area contributed by atoms with Crippen LogP contribution in [0.3, 0.4) is 0 Å². The third-order valence-corrected chi connectivity index (χ3v) is 5.26. The smallest absolute Gasteiger partial charge is 0.253 e. The van der Waals surface area contributed by atoms with Gasteiger partial charge in [-0.25, -0.2) is 8.42 Å². The van der Waals surface area contributed by atoms with Crippen LogP contribution in [0.4, 0.5) is 0 Å². The summed E-state index contributed by atoms with van der Waals surface area (Å²) >= 11 is 0. The molecule has 116 valence electrons. The molecule has 1 aliphatic rings. The quantitative estimate of drug-likeness (QED) is 0.825. The molecule has 0 unspecified atom stereocenters. The Morgan fingerprint density at radius 1 is 1.14 bits per heavy atom. The number of piperazine rings is 1. The molecule has 1 aromatic rings. The molecular weight excluding hydrogens is 288 g/mol. The van der Waals surface area contributed by atoms with E-state index in [9.17, 15) is 13.2 Å². The van der Waals surface area contributed by atoms with E-state index in [4.69, 9.17) is 0 Å². The zero-order valence-electron chi connectivity index (χ0n) is 13.0. The van der Waals surface area contributed by atoms with E-state index >= 15 is 0 Å². The predicted molar refractivity (Wildman–Crippen MR) is 82.2 cm³/mol. The third-order valence-electron chi connectivity index (χ3n) is 4.13. The van der Waals surface area contributed by atoms with Gasteiger partial charge >= 0.3 is 0 Å². The second-order valence-electron chi connectivity index (χ2n) is 6.26. The van der Waals surface area contributed by atoms with Gasteiger partial charge in [0.05, 0.1) is 4.90 Å². The van der Waals surface area contributed by atoms with Crippen molar-refractivity contribution in [3.8, 4) is 0 Å². The van der Waals surface area contributed by atoms with Crippen LogP contribution in [0.5, 0.6) is 0 Å². The molecule has 1 fully saturated rings. The van der Waals surface area contributed by atoms with Gasteiger partial charge in [-0.2, -0.15) is 0 Å². The summed E-state index contributed by atoms with van der Waals surface area (Å²) in [6.45, 7) is 6.40. The lowest BCUT2D eigenvalue weighted by Crippen LogP contribution is -2.58. The molecule has 0 spiro atoms. The first kappa shape index (κ1) is 16.0. The Morgan fingerprint density at radius 2 is 1.71 bits per heavy atom. The van der Waals surface area contributed by atoms with Gasteiger partial charge in [-0.3, -0.25) is 9.69 Å². The van der Waals surface area contributed by atoms with E-state index in [1.54, 1.807) is 12.1 Å². The number of benzene rings is 1. The molecule has 6 heteroatoms. The van der Waals surface area contributed by atoms with Crippen LogP contribution >= 0.6 is 0 Å². The number of carbonyl (C=O) groups excluding carboxylic acids is 1. The molecule has 0 bridgehead atoms. The number of hydrogen-bond acceptors (Lipinski definition) is 4. The predicted octanol–water partition coefficient (Wildman–Crippen LogP) is 1.26. The molecule has 2 rings (SSSR count). The van der Waals surface area contributed by atoms with Crippen molar-refractivity contribution in [3.63, 3.8) is 0 Å². The largest absolute Gasteiger partial charge is 0.336 e. The van der Waals surface area contributed by atoms with Crippen LogP contribution in [0, 0.1) is 0 Å². The molecule has 1 saturated heterocycles. The van der Waals surface area contributed by atoms with Gasteiger partial charge in [0.1, 0.15) is 0 Å². The summed E-state index contributed by atoms with van der Waals surface area (Å²) in [5, 5.41) is 0. The number of hydrogen-bond donors (Lipinski definition) is 0. The van der Waals surface area contributed by atoms with Gasteiger partial charge in [0.15, 0.2) is 9.84 Å². The maximum atomic E-state index is 12.5. The molecule has 5 nitrogen and oxygen atoms in total. The SMILES string of the molecule is CN1CCN(C(=O)c2ccc(S(C)(=O)=O)cc2)CC1(C)C. The van der Waals surface area contributed by atoms with Crippen molar-refractivity contribution in [3.05, 3.63) is 29.8 Å². The Kier molecular flexibility index (Phi) is 4.13. The van der Waals surface area contributed by atoms with Gasteiger partial charge in [0, 0.05) is 37.0 Å². The van der Waals surface area contributed by atoms with Crippen LogP contribution < -0.4 is 0 Å². The number of rotatable bonds is 2. The van der Waals surface area contributed by atoms with Crippen LogP contribution in [0.1, 0.15) is 24.2 Å². The highest BCUT2D eigenvalue weighted by Crippen LogP contribution is 2.21. The fraction of sp³-hybridized carbons (Fsp3) is 0.533. The average molecular weight is 310 g/mol. The zero-order chi connectivity index (χ0) is 15.8. The summed E-state index contributed by atoms with van der Waals surface area (Å²) in [7, 11) is -1.17. The fourth-order valence-electron chi connectivity index (χ4n) is 2.44. The van der Waals surface area contributed by atoms with Crippen molar-refractivity contribution in [2.45, 2.75) is 24.3 Å². The molecular formula is C15H22N2O3S. The lowest BCUT2D eigenvalue weighted by Gasteiger charge is -2.45. The van der Waals surface area contributed by atoms with E-state index in [1.807, 2.05) is 4.90 Å². The summed E-state index contributed by atoms with van der Waals surface area (Å²) in [5.41, 5.74) is 0.475. The van der Waals surface area contributed by atoms with Gasteiger partial charge < -0.3 is 4.90 Å². The van der Waals surface area contributed by atoms with Gasteiger partial charge in [0.2, 0.25) is 0 Å². The Labute approximate surface area is 126 Å². The highest BCUT2D eigenvalue weighted by Gasteiger charge is 2.33. The Balaban J connectivity index is 2.17. The Hall–Kier alpha value is -1.40. The highest BCUT2D eigenvalue weighted by atomic mass is 32.2. The minimum absolute atomic E-state index is 0.0452. The topological polar surface area (TPSA) is 57.7 Å². The molecule has 0 aliphatic carbocycles. The van der Waals surface area contributed by atoms with Crippen molar-refractivity contribution in [2.75, 3.05) is 32.9 Å². The summed E-state index contributed by atoms with van der Waals surface area (Å²) < 4.78 is 22.9. The number of amides is 1. The average Bonchev–Trinajstić information content (AvgIpc) is 2.40. The summed E-state index contributed by atoms with van der Waals surface area (Å²) in [6.07, 6.45) is 1.16. The maximum absolute atomic E-state index is 12.5.